The number of nitro benzene ring substituents is 1. The van der Waals surface area contributed by atoms with Gasteiger partial charge in [0.05, 0.1) is 10.5 Å². The van der Waals surface area contributed by atoms with Crippen LogP contribution >= 0.6 is 0 Å². The summed E-state index contributed by atoms with van der Waals surface area (Å²) in [5, 5.41) is 11.0. The van der Waals surface area contributed by atoms with Gasteiger partial charge in [0.15, 0.2) is 5.78 Å². The second-order valence-electron chi connectivity index (χ2n) is 5.70. The van der Waals surface area contributed by atoms with Gasteiger partial charge in [0.25, 0.3) is 5.69 Å². The predicted octanol–water partition coefficient (Wildman–Crippen LogP) is 3.42. The van der Waals surface area contributed by atoms with Gasteiger partial charge in [-0.15, -0.1) is 0 Å². The Bertz CT molecular complexity index is 536. The van der Waals surface area contributed by atoms with Crippen LogP contribution in [0, 0.1) is 16.0 Å². The number of ketones is 1. The molecule has 20 heavy (non-hydrogen) atoms. The summed E-state index contributed by atoms with van der Waals surface area (Å²) < 4.78 is 0. The first-order valence-electron chi connectivity index (χ1n) is 6.96. The summed E-state index contributed by atoms with van der Waals surface area (Å²) in [6, 6.07) is 5.14. The SMILES string of the molecule is CC(=O)c1cc(N(CC2CC2)C(C)C)ccc1[N+](=O)[O-]. The van der Waals surface area contributed by atoms with Crippen LogP contribution in [-0.2, 0) is 0 Å². The molecule has 0 aliphatic heterocycles. The van der Waals surface area contributed by atoms with E-state index in [2.05, 4.69) is 18.7 Å². The van der Waals surface area contributed by atoms with Crippen LogP contribution in [0.25, 0.3) is 0 Å². The average Bonchev–Trinajstić information content (AvgIpc) is 3.18. The molecule has 0 aromatic heterocycles. The Morgan fingerprint density at radius 2 is 2.10 bits per heavy atom. The number of carbonyl (C=O) groups excluding carboxylic acids is 1. The lowest BCUT2D eigenvalue weighted by Crippen LogP contribution is -2.32. The van der Waals surface area contributed by atoms with E-state index in [0.717, 1.165) is 12.2 Å². The molecule has 1 aliphatic rings. The van der Waals surface area contributed by atoms with Crippen molar-refractivity contribution < 1.29 is 9.72 Å². The molecule has 1 fully saturated rings. The molecule has 1 aromatic carbocycles. The lowest BCUT2D eigenvalue weighted by atomic mass is 10.1. The minimum atomic E-state index is -0.499. The van der Waals surface area contributed by atoms with E-state index < -0.39 is 4.92 Å². The number of hydrogen-bond acceptors (Lipinski definition) is 4. The van der Waals surface area contributed by atoms with Crippen molar-refractivity contribution in [3.8, 4) is 0 Å². The van der Waals surface area contributed by atoms with Gasteiger partial charge in [0.2, 0.25) is 0 Å². The van der Waals surface area contributed by atoms with E-state index in [1.165, 1.54) is 25.8 Å². The Kier molecular flexibility index (Phi) is 4.06. The van der Waals surface area contributed by atoms with E-state index in [0.29, 0.717) is 12.0 Å². The Balaban J connectivity index is 2.37. The third-order valence-corrected chi connectivity index (χ3v) is 3.66. The van der Waals surface area contributed by atoms with Gasteiger partial charge in [-0.2, -0.15) is 0 Å². The Hall–Kier alpha value is -1.91. The topological polar surface area (TPSA) is 63.5 Å². The molecule has 1 aromatic rings. The van der Waals surface area contributed by atoms with Crippen LogP contribution in [0.3, 0.4) is 0 Å². The van der Waals surface area contributed by atoms with Crippen molar-refractivity contribution in [3.05, 3.63) is 33.9 Å². The van der Waals surface area contributed by atoms with Crippen molar-refractivity contribution in [2.75, 3.05) is 11.4 Å². The van der Waals surface area contributed by atoms with Gasteiger partial charge in [0.1, 0.15) is 0 Å². The zero-order valence-corrected chi connectivity index (χ0v) is 12.1. The number of nitrogens with zero attached hydrogens (tertiary/aromatic N) is 2. The predicted molar refractivity (Wildman–Crippen MR) is 78.3 cm³/mol. The van der Waals surface area contributed by atoms with Crippen LogP contribution < -0.4 is 4.90 Å². The summed E-state index contributed by atoms with van der Waals surface area (Å²) in [7, 11) is 0. The minimum absolute atomic E-state index is 0.114. The highest BCUT2D eigenvalue weighted by Crippen LogP contribution is 2.33. The molecule has 0 spiro atoms. The van der Waals surface area contributed by atoms with Crippen molar-refractivity contribution >= 4 is 17.2 Å². The molecule has 0 N–H and O–H groups in total. The van der Waals surface area contributed by atoms with Gasteiger partial charge in [0, 0.05) is 24.3 Å². The van der Waals surface area contributed by atoms with E-state index in [1.807, 2.05) is 0 Å². The van der Waals surface area contributed by atoms with Gasteiger partial charge in [-0.05, 0) is 51.7 Å². The maximum Gasteiger partial charge on any atom is 0.280 e. The minimum Gasteiger partial charge on any atom is -0.369 e. The Morgan fingerprint density at radius 3 is 2.55 bits per heavy atom. The molecule has 0 saturated heterocycles. The molecule has 108 valence electrons. The summed E-state index contributed by atoms with van der Waals surface area (Å²) in [6.07, 6.45) is 2.49. The highest BCUT2D eigenvalue weighted by Gasteiger charge is 2.27. The molecule has 0 radical (unpaired) electrons. The summed E-state index contributed by atoms with van der Waals surface area (Å²) >= 11 is 0. The Labute approximate surface area is 118 Å². The third-order valence-electron chi connectivity index (χ3n) is 3.66. The molecular weight excluding hydrogens is 256 g/mol. The molecule has 5 nitrogen and oxygen atoms in total. The average molecular weight is 276 g/mol. The van der Waals surface area contributed by atoms with Crippen LogP contribution in [0.2, 0.25) is 0 Å². The lowest BCUT2D eigenvalue weighted by Gasteiger charge is -2.29. The number of benzene rings is 1. The lowest BCUT2D eigenvalue weighted by molar-refractivity contribution is -0.385. The molecule has 0 unspecified atom stereocenters. The first-order valence-corrected chi connectivity index (χ1v) is 6.96. The first-order chi connectivity index (χ1) is 9.40. The highest BCUT2D eigenvalue weighted by molar-refractivity contribution is 5.99. The normalized spacial score (nSPS) is 14.4. The summed E-state index contributed by atoms with van der Waals surface area (Å²) in [4.78, 5) is 24.3. The molecule has 5 heteroatoms. The van der Waals surface area contributed by atoms with Gasteiger partial charge >= 0.3 is 0 Å². The second kappa shape index (κ2) is 5.61. The number of carbonyl (C=O) groups is 1. The van der Waals surface area contributed by atoms with Gasteiger partial charge in [-0.1, -0.05) is 0 Å². The third kappa shape index (κ3) is 3.15. The fourth-order valence-electron chi connectivity index (χ4n) is 2.34. The molecule has 0 heterocycles. The second-order valence-corrected chi connectivity index (χ2v) is 5.70. The van der Waals surface area contributed by atoms with Crippen LogP contribution in [0.5, 0.6) is 0 Å². The fourth-order valence-corrected chi connectivity index (χ4v) is 2.34. The fraction of sp³-hybridized carbons (Fsp3) is 0.533. The van der Waals surface area contributed by atoms with Gasteiger partial charge in [-0.3, -0.25) is 14.9 Å². The number of Topliss-reactive ketones (excluding diaryl/α,β-unsaturated/α-hetero) is 1. The molecule has 1 saturated carbocycles. The van der Waals surface area contributed by atoms with E-state index in [4.69, 9.17) is 0 Å². The van der Waals surface area contributed by atoms with E-state index in [-0.39, 0.29) is 17.0 Å². The summed E-state index contributed by atoms with van der Waals surface area (Å²) in [6.45, 7) is 6.51. The van der Waals surface area contributed by atoms with Crippen molar-refractivity contribution in [1.29, 1.82) is 0 Å². The number of anilines is 1. The smallest absolute Gasteiger partial charge is 0.280 e. The van der Waals surface area contributed by atoms with E-state index >= 15 is 0 Å². The summed E-state index contributed by atoms with van der Waals surface area (Å²) in [5.74, 6) is 0.446. The van der Waals surface area contributed by atoms with Crippen molar-refractivity contribution in [3.63, 3.8) is 0 Å². The largest absolute Gasteiger partial charge is 0.369 e. The number of rotatable bonds is 6. The van der Waals surface area contributed by atoms with E-state index in [9.17, 15) is 14.9 Å². The van der Waals surface area contributed by atoms with Crippen LogP contribution in [0.4, 0.5) is 11.4 Å². The van der Waals surface area contributed by atoms with Crippen molar-refractivity contribution in [2.24, 2.45) is 5.92 Å². The van der Waals surface area contributed by atoms with Crippen molar-refractivity contribution in [1.82, 2.24) is 0 Å². The maximum atomic E-state index is 11.6. The Morgan fingerprint density at radius 1 is 1.45 bits per heavy atom. The zero-order valence-electron chi connectivity index (χ0n) is 12.1. The zero-order chi connectivity index (χ0) is 14.9. The molecule has 1 aliphatic carbocycles. The standard InChI is InChI=1S/C15H20N2O3/c1-10(2)16(9-12-4-5-12)13-6-7-15(17(19)20)14(8-13)11(3)18/h6-8,10,12H,4-5,9H2,1-3H3. The molecule has 0 amide bonds. The molecule has 0 bridgehead atoms. The highest BCUT2D eigenvalue weighted by atomic mass is 16.6. The maximum absolute atomic E-state index is 11.6. The monoisotopic (exact) mass is 276 g/mol. The van der Waals surface area contributed by atoms with E-state index in [1.54, 1.807) is 12.1 Å². The molecule has 0 atom stereocenters. The van der Waals surface area contributed by atoms with Crippen LogP contribution in [0.1, 0.15) is 44.0 Å². The molecular formula is C15H20N2O3. The van der Waals surface area contributed by atoms with Crippen molar-refractivity contribution in [2.45, 2.75) is 39.7 Å². The van der Waals surface area contributed by atoms with Gasteiger partial charge < -0.3 is 4.90 Å². The summed E-state index contributed by atoms with van der Waals surface area (Å²) in [5.41, 5.74) is 0.966. The quantitative estimate of drug-likeness (QED) is 0.453. The number of hydrogen-bond donors (Lipinski definition) is 0. The first kappa shape index (κ1) is 14.5. The number of nitro groups is 1. The van der Waals surface area contributed by atoms with Crippen LogP contribution in [0.15, 0.2) is 18.2 Å². The molecule has 2 rings (SSSR count). The van der Waals surface area contributed by atoms with Gasteiger partial charge in [-0.25, -0.2) is 0 Å². The van der Waals surface area contributed by atoms with Crippen LogP contribution in [-0.4, -0.2) is 23.3 Å².